The number of pyridine rings is 1. The summed E-state index contributed by atoms with van der Waals surface area (Å²) in [7, 11) is -2.33. The molecule has 0 unspecified atom stereocenters. The van der Waals surface area contributed by atoms with Crippen LogP contribution in [0.1, 0.15) is 29.2 Å². The molecule has 1 aliphatic rings. The number of imidazole rings is 1. The summed E-state index contributed by atoms with van der Waals surface area (Å²) in [5.74, 6) is 0.937. The maximum Gasteiger partial charge on any atom is 0.417 e. The fourth-order valence-corrected chi connectivity index (χ4v) is 5.52. The highest BCUT2D eigenvalue weighted by Crippen LogP contribution is 2.33. The van der Waals surface area contributed by atoms with Gasteiger partial charge in [-0.1, -0.05) is 0 Å². The molecule has 5 rings (SSSR count). The number of fused-ring (bicyclic) bond motifs is 1. The van der Waals surface area contributed by atoms with Gasteiger partial charge in [-0.2, -0.15) is 18.3 Å². The summed E-state index contributed by atoms with van der Waals surface area (Å²) in [6.45, 7) is 3.09. The molecule has 0 amide bonds. The van der Waals surface area contributed by atoms with E-state index < -0.39 is 21.5 Å². The number of piperidine rings is 1. The maximum atomic E-state index is 13.3. The summed E-state index contributed by atoms with van der Waals surface area (Å²) in [5, 5.41) is 7.12. The van der Waals surface area contributed by atoms with E-state index in [1.807, 2.05) is 6.92 Å². The van der Waals surface area contributed by atoms with Crippen molar-refractivity contribution in [2.24, 2.45) is 4.36 Å². The highest BCUT2D eigenvalue weighted by molar-refractivity contribution is 7.92. The summed E-state index contributed by atoms with van der Waals surface area (Å²) >= 11 is 0. The van der Waals surface area contributed by atoms with Gasteiger partial charge >= 0.3 is 6.18 Å². The average Bonchev–Trinajstić information content (AvgIpc) is 3.43. The lowest BCUT2D eigenvalue weighted by Gasteiger charge is -2.37. The molecule has 5 heterocycles. The Kier molecular flexibility index (Phi) is 5.97. The normalized spacial score (nSPS) is 19.1. The third kappa shape index (κ3) is 4.92. The van der Waals surface area contributed by atoms with Crippen LogP contribution in [0.25, 0.3) is 17.2 Å². The van der Waals surface area contributed by atoms with Crippen LogP contribution in [0.15, 0.2) is 47.3 Å². The largest absolute Gasteiger partial charge is 0.417 e. The van der Waals surface area contributed by atoms with Gasteiger partial charge in [0.1, 0.15) is 17.2 Å². The van der Waals surface area contributed by atoms with E-state index in [2.05, 4.69) is 34.4 Å². The highest BCUT2D eigenvalue weighted by Gasteiger charge is 2.32. The monoisotopic (exact) mass is 518 g/mol. The van der Waals surface area contributed by atoms with Gasteiger partial charge < -0.3 is 4.90 Å². The molecule has 0 spiro atoms. The van der Waals surface area contributed by atoms with Gasteiger partial charge in [-0.3, -0.25) is 13.7 Å². The Morgan fingerprint density at radius 2 is 1.94 bits per heavy atom. The fraction of sp³-hybridized carbons (Fsp3) is 0.391. The molecule has 1 saturated heterocycles. The van der Waals surface area contributed by atoms with Crippen molar-refractivity contribution in [1.29, 1.82) is 0 Å². The van der Waals surface area contributed by atoms with E-state index in [0.29, 0.717) is 30.2 Å². The Morgan fingerprint density at radius 1 is 1.14 bits per heavy atom. The zero-order chi connectivity index (χ0) is 25.7. The van der Waals surface area contributed by atoms with Crippen molar-refractivity contribution in [3.8, 4) is 11.5 Å². The van der Waals surface area contributed by atoms with Crippen molar-refractivity contribution in [1.82, 2.24) is 29.5 Å². The first-order valence-electron chi connectivity index (χ1n) is 11.3. The number of nitrogens with zero attached hydrogens (tertiary/aromatic N) is 7. The quantitative estimate of drug-likeness (QED) is 0.439. The topological polar surface area (TPSA) is 104 Å². The molecule has 0 radical (unpaired) electrons. The number of aryl methyl sites for hydroxylation is 1. The number of rotatable bonds is 4. The number of H-pyrrole nitrogens is 1. The van der Waals surface area contributed by atoms with Crippen molar-refractivity contribution in [3.05, 3.63) is 59.8 Å². The number of aromatic amines is 1. The maximum absolute atomic E-state index is 13.3. The molecule has 1 N–H and O–H groups in total. The smallest absolute Gasteiger partial charge is 0.354 e. The van der Waals surface area contributed by atoms with Gasteiger partial charge in [0.2, 0.25) is 0 Å². The van der Waals surface area contributed by atoms with Crippen molar-refractivity contribution in [3.63, 3.8) is 0 Å². The van der Waals surface area contributed by atoms with Crippen LogP contribution in [0, 0.1) is 6.92 Å². The van der Waals surface area contributed by atoms with E-state index in [1.165, 1.54) is 16.7 Å². The lowest BCUT2D eigenvalue weighted by molar-refractivity contribution is -0.137. The number of anilines is 1. The molecular weight excluding hydrogens is 493 g/mol. The number of halogens is 3. The van der Waals surface area contributed by atoms with Crippen molar-refractivity contribution >= 4 is 21.2 Å². The zero-order valence-electron chi connectivity index (χ0n) is 19.9. The van der Waals surface area contributed by atoms with Crippen molar-refractivity contribution in [2.75, 3.05) is 30.5 Å². The molecule has 1 aliphatic heterocycles. The molecule has 0 aromatic carbocycles. The number of hydrogen-bond donors (Lipinski definition) is 1. The van der Waals surface area contributed by atoms with Gasteiger partial charge in [0.25, 0.3) is 0 Å². The van der Waals surface area contributed by atoms with Gasteiger partial charge in [-0.15, -0.1) is 0 Å². The lowest BCUT2D eigenvalue weighted by atomic mass is 9.88. The van der Waals surface area contributed by atoms with Gasteiger partial charge in [0.15, 0.2) is 5.82 Å². The Hall–Kier alpha value is -3.48. The van der Waals surface area contributed by atoms with Gasteiger partial charge in [-0.05, 0) is 37.1 Å². The first kappa shape index (κ1) is 24.2. The standard InChI is InChI=1S/C23H25F3N8OS/c1-14-18(9-29-31-14)15-8-17(32-36(2,3)35)13-33(11-15)21-6-7-27-22(30-21)19-10-28-20-5-4-16(12-34(19)20)23(24,25)26/h4-7,9-10,12,15,17H,8,11,13H2,1-3H3,(H,29,31)/t15-,17+/m0/s1. The minimum absolute atomic E-state index is 0.0801. The van der Waals surface area contributed by atoms with Gasteiger partial charge in [0.05, 0.1) is 24.0 Å². The van der Waals surface area contributed by atoms with E-state index in [1.54, 1.807) is 31.0 Å². The van der Waals surface area contributed by atoms with E-state index in [4.69, 9.17) is 0 Å². The fourth-order valence-electron chi connectivity index (χ4n) is 4.65. The molecule has 0 bridgehead atoms. The van der Waals surface area contributed by atoms with Crippen LogP contribution in [-0.4, -0.2) is 65.4 Å². The number of aromatic nitrogens is 6. The molecular formula is C23H25F3N8OS. The van der Waals surface area contributed by atoms with Crippen molar-refractivity contribution < 1.29 is 17.4 Å². The summed E-state index contributed by atoms with van der Waals surface area (Å²) < 4.78 is 58.3. The Morgan fingerprint density at radius 3 is 2.64 bits per heavy atom. The minimum atomic E-state index is -4.48. The van der Waals surface area contributed by atoms with Crippen LogP contribution >= 0.6 is 0 Å². The zero-order valence-corrected chi connectivity index (χ0v) is 20.7. The Balaban J connectivity index is 1.53. The van der Waals surface area contributed by atoms with E-state index >= 15 is 0 Å². The van der Waals surface area contributed by atoms with Crippen LogP contribution in [0.5, 0.6) is 0 Å². The molecule has 13 heteroatoms. The average molecular weight is 519 g/mol. The van der Waals surface area contributed by atoms with Gasteiger partial charge in [-0.25, -0.2) is 19.3 Å². The first-order valence-corrected chi connectivity index (χ1v) is 13.6. The van der Waals surface area contributed by atoms with E-state index in [-0.39, 0.29) is 17.8 Å². The number of alkyl halides is 3. The van der Waals surface area contributed by atoms with E-state index in [9.17, 15) is 17.4 Å². The third-order valence-electron chi connectivity index (χ3n) is 6.17. The van der Waals surface area contributed by atoms with Crippen LogP contribution in [-0.2, 0) is 15.9 Å². The lowest BCUT2D eigenvalue weighted by Crippen LogP contribution is -2.42. The van der Waals surface area contributed by atoms with Crippen molar-refractivity contribution in [2.45, 2.75) is 31.5 Å². The SMILES string of the molecule is Cc1[nH]ncc1[C@H]1C[C@@H](N=S(C)(C)=O)CN(c2ccnc(-c3cnc4ccc(C(F)(F)F)cn34)n2)C1. The van der Waals surface area contributed by atoms with Gasteiger partial charge in [0, 0.05) is 59.3 Å². The molecule has 1 fully saturated rings. The Labute approximate surface area is 206 Å². The molecule has 2 atom stereocenters. The van der Waals surface area contributed by atoms with Crippen LogP contribution in [0.4, 0.5) is 19.0 Å². The van der Waals surface area contributed by atoms with Crippen LogP contribution in [0.2, 0.25) is 0 Å². The van der Waals surface area contributed by atoms with Crippen LogP contribution in [0.3, 0.4) is 0 Å². The molecule has 0 aliphatic carbocycles. The summed E-state index contributed by atoms with van der Waals surface area (Å²) in [6.07, 6.45) is 5.32. The molecule has 4 aromatic heterocycles. The minimum Gasteiger partial charge on any atom is -0.354 e. The molecule has 4 aromatic rings. The second kappa shape index (κ2) is 8.87. The molecule has 9 nitrogen and oxygen atoms in total. The second-order valence-corrected chi connectivity index (χ2v) is 11.8. The molecule has 0 saturated carbocycles. The predicted molar refractivity (Wildman–Crippen MR) is 130 cm³/mol. The van der Waals surface area contributed by atoms with Crippen LogP contribution < -0.4 is 4.90 Å². The summed E-state index contributed by atoms with van der Waals surface area (Å²) in [6, 6.07) is 3.88. The highest BCUT2D eigenvalue weighted by atomic mass is 32.2. The van der Waals surface area contributed by atoms with E-state index in [0.717, 1.165) is 29.9 Å². The molecule has 190 valence electrons. The molecule has 36 heavy (non-hydrogen) atoms. The second-order valence-electron chi connectivity index (χ2n) is 9.25. The summed E-state index contributed by atoms with van der Waals surface area (Å²) in [5.41, 5.74) is 1.95. The first-order chi connectivity index (χ1) is 17.0. The third-order valence-corrected chi connectivity index (χ3v) is 6.97. The number of nitrogens with one attached hydrogen (secondary N) is 1. The summed E-state index contributed by atoms with van der Waals surface area (Å²) in [4.78, 5) is 15.3. The Bertz CT molecular complexity index is 1530. The predicted octanol–water partition coefficient (Wildman–Crippen LogP) is 3.93. The number of hydrogen-bond acceptors (Lipinski definition) is 7.